The summed E-state index contributed by atoms with van der Waals surface area (Å²) in [5.74, 6) is 0.178. The number of carbonyl (C=O) groups excluding carboxylic acids is 2. The summed E-state index contributed by atoms with van der Waals surface area (Å²) in [4.78, 5) is 67.0. The Morgan fingerprint density at radius 2 is 1.04 bits per heavy atom. The molecule has 4 bridgehead atoms. The van der Waals surface area contributed by atoms with E-state index in [4.69, 9.17) is 51.7 Å². The number of ether oxygens (including phenoxy) is 2. The molecule has 3 aliphatic heterocycles. The van der Waals surface area contributed by atoms with Gasteiger partial charge in [0.15, 0.2) is 0 Å². The lowest BCUT2D eigenvalue weighted by Crippen LogP contribution is -2.62. The normalized spacial score (nSPS) is 29.5. The maximum Gasteiger partial charge on any atom is 0.494 e. The zero-order chi connectivity index (χ0) is 73.9. The Balaban J connectivity index is 0.000000187. The van der Waals surface area contributed by atoms with Gasteiger partial charge in [0, 0.05) is 90.2 Å². The molecule has 0 unspecified atom stereocenters. The fourth-order valence-corrected chi connectivity index (χ4v) is 17.7. The van der Waals surface area contributed by atoms with Gasteiger partial charge in [-0.25, -0.2) is 9.59 Å². The highest BCUT2D eigenvalue weighted by Crippen LogP contribution is 2.62. The summed E-state index contributed by atoms with van der Waals surface area (Å²) in [6.45, 7) is 24.3. The lowest BCUT2D eigenvalue weighted by atomic mass is 9.45. The molecule has 0 spiro atoms. The number of hydroxylamine groups is 4. The number of nitrogens with one attached hydrogen (secondary N) is 2. The molecule has 3 heterocycles. The SMILES string of the molecule is CN(C)c1cc(B2OC(C)(C)C(C)(C)O2)cc(C(=O)O)c1.COc1c(-c2cc(C(=O)O)cc(N(C)C)c2)ccc(Cl)c1CN1O[C@@H](CO)[C@@H]([C@H](C)O)[C@H]1C(=O)N[C@H]1C[C@H]2C[C@@H]([C@@H]1C)C2(C)C.COc1c(Br)ccc(Cl)c1CN1O[C@@H](CO)[C@@H]([C@H](C)O)[C@H]1C(=O)N[C@H]1C[C@H]2C[C@@H]([C@@H]1C)C2(C)C. The quantitative estimate of drug-likeness (QED) is 0.0382. The largest absolute Gasteiger partial charge is 0.496 e. The summed E-state index contributed by atoms with van der Waals surface area (Å²) >= 11 is 16.7. The molecule has 550 valence electrons. The average Bonchev–Trinajstić information content (AvgIpc) is 1.20. The van der Waals surface area contributed by atoms with Crippen LogP contribution in [0.2, 0.25) is 10.0 Å². The molecule has 16 atom stereocenters. The zero-order valence-electron chi connectivity index (χ0n) is 60.9. The van der Waals surface area contributed by atoms with Gasteiger partial charge < -0.3 is 69.9 Å². The molecule has 0 radical (unpaired) electrons. The zero-order valence-corrected chi connectivity index (χ0v) is 64.0. The smallest absolute Gasteiger partial charge is 0.494 e. The van der Waals surface area contributed by atoms with Crippen LogP contribution in [-0.4, -0.2) is 187 Å². The second-order valence-electron chi connectivity index (χ2n) is 31.2. The maximum atomic E-state index is 14.1. The number of nitrogens with zero attached hydrogens (tertiary/aromatic N) is 4. The summed E-state index contributed by atoms with van der Waals surface area (Å²) in [5, 5.41) is 71.1. The summed E-state index contributed by atoms with van der Waals surface area (Å²) in [6.07, 6.45) is 0.964. The molecule has 0 aromatic heterocycles. The van der Waals surface area contributed by atoms with E-state index in [1.54, 1.807) is 74.6 Å². The minimum absolute atomic E-state index is 0.00723. The second kappa shape index (κ2) is 30.8. The first-order valence-electron chi connectivity index (χ1n) is 34.6. The Labute approximate surface area is 607 Å². The van der Waals surface area contributed by atoms with Gasteiger partial charge in [-0.1, -0.05) is 64.7 Å². The number of rotatable bonds is 20. The number of amides is 2. The third-order valence-corrected chi connectivity index (χ3v) is 25.1. The third-order valence-electron chi connectivity index (χ3n) is 23.7. The molecule has 13 rings (SSSR count). The number of methoxy groups -OCH3 is 2. The van der Waals surface area contributed by atoms with E-state index in [1.807, 2.05) is 77.8 Å². The van der Waals surface area contributed by atoms with Gasteiger partial charge in [0.1, 0.15) is 35.8 Å². The first kappa shape index (κ1) is 78.8. The number of carbonyl (C=O) groups is 4. The van der Waals surface area contributed by atoms with Crippen LogP contribution in [0.5, 0.6) is 11.5 Å². The van der Waals surface area contributed by atoms with Crippen LogP contribution in [0.3, 0.4) is 0 Å². The summed E-state index contributed by atoms with van der Waals surface area (Å²) in [7, 11) is 9.91. The molecule has 3 saturated heterocycles. The number of hydrogen-bond acceptors (Lipinski definition) is 18. The van der Waals surface area contributed by atoms with Gasteiger partial charge in [0.2, 0.25) is 11.8 Å². The van der Waals surface area contributed by atoms with Crippen LogP contribution in [0.4, 0.5) is 11.4 Å². The molecule has 26 heteroatoms. The van der Waals surface area contributed by atoms with Crippen molar-refractivity contribution >= 4 is 86.8 Å². The van der Waals surface area contributed by atoms with E-state index in [1.165, 1.54) is 25.0 Å². The van der Waals surface area contributed by atoms with Gasteiger partial charge in [0.05, 0.1) is 79.5 Å². The van der Waals surface area contributed by atoms with Crippen molar-refractivity contribution in [2.24, 2.45) is 58.2 Å². The lowest BCUT2D eigenvalue weighted by Gasteiger charge is -2.62. The van der Waals surface area contributed by atoms with E-state index in [-0.39, 0.29) is 66.7 Å². The first-order chi connectivity index (χ1) is 46.7. The van der Waals surface area contributed by atoms with Gasteiger partial charge >= 0.3 is 19.1 Å². The van der Waals surface area contributed by atoms with Gasteiger partial charge in [-0.2, -0.15) is 10.1 Å². The van der Waals surface area contributed by atoms with E-state index in [0.717, 1.165) is 28.5 Å². The van der Waals surface area contributed by atoms with Crippen LogP contribution >= 0.6 is 39.1 Å². The number of hydrogen-bond donors (Lipinski definition) is 8. The third kappa shape index (κ3) is 15.6. The van der Waals surface area contributed by atoms with Gasteiger partial charge in [-0.05, 0) is 201 Å². The van der Waals surface area contributed by atoms with Crippen molar-refractivity contribution in [2.45, 2.75) is 182 Å². The van der Waals surface area contributed by atoms with Crippen molar-refractivity contribution in [3.8, 4) is 22.6 Å². The minimum Gasteiger partial charge on any atom is -0.496 e. The fraction of sp³-hybridized carbons (Fsp3) is 0.622. The van der Waals surface area contributed by atoms with Crippen molar-refractivity contribution in [1.29, 1.82) is 0 Å². The Bertz CT molecular complexity index is 3640. The number of carboxylic acids is 2. The average molecular weight is 1500 g/mol. The van der Waals surface area contributed by atoms with Crippen LogP contribution in [0, 0.1) is 58.2 Å². The van der Waals surface area contributed by atoms with E-state index in [0.29, 0.717) is 90.4 Å². The number of halogens is 3. The van der Waals surface area contributed by atoms with Gasteiger partial charge in [0.25, 0.3) is 0 Å². The van der Waals surface area contributed by atoms with E-state index >= 15 is 0 Å². The molecule has 22 nitrogen and oxygen atoms in total. The molecule has 2 amide bonds. The van der Waals surface area contributed by atoms with Crippen molar-refractivity contribution in [3.05, 3.63) is 97.4 Å². The number of aliphatic hydroxyl groups is 4. The standard InChI is InChI=1S/C34H46ClN3O7.C25H36BrClN2O5.C15H22BNO4/c1-17-25-13-21(34(25,3)4)14-27(17)36-32(41)30-29(18(2)40)28(16-39)45-38(30)15-24-26(35)9-8-23(31(24)44-7)19-10-20(33(42)43)12-22(11-19)37(5)6;1-12-16-8-14(25(16,3)4)9-19(12)28-24(32)22-21(13(2)31)20(11-30)34-29(22)10-15-18(27)7-6-17(26)23(15)33-5;1-14(2)15(3,4)21-16(20-14)11-7-10(13(18)19)8-12(9-11)17(5)6/h8-12,17-18,21,25,27-30,39-40H,13-16H2,1-7H3,(H,36,41)(H,42,43);6-7,12-14,16,19-22,30-31H,8-11H2,1-5H3,(H,28,32);7-9H,1-6H3,(H,18,19)/t17-,18-,21+,25-,27-,28-,29+,30-;12-,13-,14+,16-,19-,20-,21+,22-;/m00./s1. The molecule has 9 aliphatic rings. The topological polar surface area (TPSA) is 282 Å². The first-order valence-corrected chi connectivity index (χ1v) is 36.2. The van der Waals surface area contributed by atoms with Crippen molar-refractivity contribution in [2.75, 3.05) is 65.4 Å². The Morgan fingerprint density at radius 1 is 0.630 bits per heavy atom. The molecule has 100 heavy (non-hydrogen) atoms. The van der Waals surface area contributed by atoms with Crippen LogP contribution in [0.25, 0.3) is 11.1 Å². The molecule has 8 N–H and O–H groups in total. The van der Waals surface area contributed by atoms with Crippen LogP contribution in [-0.2, 0) is 41.7 Å². The van der Waals surface area contributed by atoms with Crippen molar-refractivity contribution in [1.82, 2.24) is 20.8 Å². The maximum absolute atomic E-state index is 14.1. The van der Waals surface area contributed by atoms with E-state index in [9.17, 15) is 49.8 Å². The van der Waals surface area contributed by atoms with Crippen LogP contribution in [0.15, 0.2) is 65.1 Å². The number of fused-ring (bicyclic) bond motifs is 4. The molecule has 4 aromatic rings. The van der Waals surface area contributed by atoms with Gasteiger partial charge in [-0.15, -0.1) is 0 Å². The summed E-state index contributed by atoms with van der Waals surface area (Å²) in [6, 6.07) is 15.6. The molecular weight excluding hydrogens is 1390 g/mol. The van der Waals surface area contributed by atoms with Crippen molar-refractivity contribution in [3.63, 3.8) is 0 Å². The van der Waals surface area contributed by atoms with E-state index < -0.39 is 78.6 Å². The van der Waals surface area contributed by atoms with Crippen LogP contribution < -0.4 is 35.4 Å². The Kier molecular flexibility index (Phi) is 24.3. The number of aromatic carboxylic acids is 2. The number of carboxylic acid groups (broad SMARTS) is 2. The van der Waals surface area contributed by atoms with Gasteiger partial charge in [-0.3, -0.25) is 19.3 Å². The number of aliphatic hydroxyl groups excluding tert-OH is 4. The van der Waals surface area contributed by atoms with E-state index in [2.05, 4.69) is 68.1 Å². The molecule has 4 aromatic carbocycles. The molecular formula is C74H104BBrCl2N6O16. The Hall–Kier alpha value is -5.32. The molecule has 6 aliphatic carbocycles. The fourth-order valence-electron chi connectivity index (χ4n) is 16.7. The highest BCUT2D eigenvalue weighted by atomic mass is 79.9. The number of anilines is 2. The number of benzene rings is 4. The highest BCUT2D eigenvalue weighted by Gasteiger charge is 2.60. The lowest BCUT2D eigenvalue weighted by molar-refractivity contribution is -0.183. The molecule has 9 fully saturated rings. The highest BCUT2D eigenvalue weighted by molar-refractivity contribution is 9.10. The molecule has 6 saturated carbocycles. The monoisotopic (exact) mass is 1490 g/mol. The predicted octanol–water partition coefficient (Wildman–Crippen LogP) is 9.96. The van der Waals surface area contributed by atoms with Crippen molar-refractivity contribution < 1.29 is 78.3 Å². The second-order valence-corrected chi connectivity index (χ2v) is 32.9. The predicted molar refractivity (Wildman–Crippen MR) is 389 cm³/mol. The van der Waals surface area contributed by atoms with Crippen LogP contribution in [0.1, 0.15) is 141 Å². The Morgan fingerprint density at radius 3 is 1.42 bits per heavy atom. The summed E-state index contributed by atoms with van der Waals surface area (Å²) in [5.41, 5.74) is 4.69. The summed E-state index contributed by atoms with van der Waals surface area (Å²) < 4.78 is 24.1. The minimum atomic E-state index is -1.06.